The van der Waals surface area contributed by atoms with Gasteiger partial charge in [0.05, 0.1) is 17.1 Å². The summed E-state index contributed by atoms with van der Waals surface area (Å²) in [7, 11) is 2.06. The molecule has 0 saturated carbocycles. The minimum Gasteiger partial charge on any atom is -0.390 e. The number of H-pyrrole nitrogens is 1. The number of imidazole rings is 1. The second-order valence-electron chi connectivity index (χ2n) is 7.16. The van der Waals surface area contributed by atoms with Gasteiger partial charge < -0.3 is 19.9 Å². The maximum Gasteiger partial charge on any atom is 0.107 e. The first-order valence-electron chi connectivity index (χ1n) is 9.16. The molecule has 0 amide bonds. The molecule has 2 N–H and O–H groups in total. The lowest BCUT2D eigenvalue weighted by molar-refractivity contribution is 0.0673. The fraction of sp³-hybridized carbons (Fsp3) is 0.632. The molecule has 24 heavy (non-hydrogen) atoms. The molecule has 2 heterocycles. The largest absolute Gasteiger partial charge is 0.390 e. The normalized spacial score (nSPS) is 18.5. The number of β-amino-alcohol motifs (C(OH)–C–C–N with tert-alkyl or cyclic N) is 1. The van der Waals surface area contributed by atoms with Crippen molar-refractivity contribution in [1.29, 1.82) is 0 Å². The van der Waals surface area contributed by atoms with E-state index >= 15 is 0 Å². The Morgan fingerprint density at radius 3 is 2.79 bits per heavy atom. The Morgan fingerprint density at radius 2 is 2.08 bits per heavy atom. The lowest BCUT2D eigenvalue weighted by atomic mass is 9.93. The third kappa shape index (κ3) is 4.56. The van der Waals surface area contributed by atoms with E-state index in [2.05, 4.69) is 40.9 Å². The van der Waals surface area contributed by atoms with Crippen molar-refractivity contribution in [3.63, 3.8) is 0 Å². The van der Waals surface area contributed by atoms with Crippen LogP contribution in [0.4, 0.5) is 0 Å². The number of aromatic amines is 1. The Labute approximate surface area is 144 Å². The van der Waals surface area contributed by atoms with Gasteiger partial charge in [-0.05, 0) is 57.6 Å². The highest BCUT2D eigenvalue weighted by Gasteiger charge is 2.22. The van der Waals surface area contributed by atoms with Gasteiger partial charge in [-0.1, -0.05) is 19.1 Å². The third-order valence-corrected chi connectivity index (χ3v) is 5.16. The lowest BCUT2D eigenvalue weighted by Gasteiger charge is -2.33. The molecule has 132 valence electrons. The molecule has 5 heteroatoms. The predicted molar refractivity (Wildman–Crippen MR) is 98.1 cm³/mol. The molecule has 1 atom stereocenters. The van der Waals surface area contributed by atoms with Gasteiger partial charge in [0.25, 0.3) is 0 Å². The smallest absolute Gasteiger partial charge is 0.107 e. The number of piperidine rings is 1. The van der Waals surface area contributed by atoms with Crippen LogP contribution in [-0.2, 0) is 6.42 Å². The molecular formula is C19H30N4O. The number of likely N-dealkylation sites (N-methyl/N-ethyl adjacent to an activating group) is 1. The number of aliphatic hydroxyl groups is 1. The molecule has 1 aromatic heterocycles. The Hall–Kier alpha value is -1.43. The van der Waals surface area contributed by atoms with Gasteiger partial charge in [0.2, 0.25) is 0 Å². The van der Waals surface area contributed by atoms with E-state index in [0.29, 0.717) is 5.92 Å². The van der Waals surface area contributed by atoms with Crippen LogP contribution in [0.3, 0.4) is 0 Å². The van der Waals surface area contributed by atoms with Crippen molar-refractivity contribution < 1.29 is 5.11 Å². The Morgan fingerprint density at radius 1 is 1.33 bits per heavy atom. The predicted octanol–water partition coefficient (Wildman–Crippen LogP) is 2.13. The van der Waals surface area contributed by atoms with Gasteiger partial charge in [0.15, 0.2) is 0 Å². The summed E-state index contributed by atoms with van der Waals surface area (Å²) in [5.74, 6) is 1.80. The summed E-state index contributed by atoms with van der Waals surface area (Å²) in [6.45, 7) is 6.82. The monoisotopic (exact) mass is 330 g/mol. The Balaban J connectivity index is 1.45. The van der Waals surface area contributed by atoms with Gasteiger partial charge in [-0.2, -0.15) is 0 Å². The van der Waals surface area contributed by atoms with Crippen LogP contribution in [0.1, 0.15) is 25.6 Å². The standard InChI is InChI=1S/C19H30N4O/c1-3-22(2)13-16(24)14-23-10-8-15(9-11-23)12-19-20-17-6-4-5-7-18(17)21-19/h4-7,15-16,24H,3,8-14H2,1-2H3,(H,20,21). The molecule has 1 unspecified atom stereocenters. The van der Waals surface area contributed by atoms with Crippen molar-refractivity contribution in [2.24, 2.45) is 5.92 Å². The van der Waals surface area contributed by atoms with Crippen molar-refractivity contribution in [1.82, 2.24) is 19.8 Å². The van der Waals surface area contributed by atoms with Crippen LogP contribution < -0.4 is 0 Å². The first kappa shape index (κ1) is 17.4. The molecule has 0 aliphatic carbocycles. The Bertz CT molecular complexity index is 600. The van der Waals surface area contributed by atoms with E-state index in [-0.39, 0.29) is 6.10 Å². The number of aliphatic hydroxyl groups excluding tert-OH is 1. The van der Waals surface area contributed by atoms with Gasteiger partial charge >= 0.3 is 0 Å². The van der Waals surface area contributed by atoms with E-state index < -0.39 is 0 Å². The average molecular weight is 330 g/mol. The van der Waals surface area contributed by atoms with Crippen LogP contribution in [0, 0.1) is 5.92 Å². The zero-order valence-electron chi connectivity index (χ0n) is 14.9. The number of nitrogens with zero attached hydrogens (tertiary/aromatic N) is 3. The molecular weight excluding hydrogens is 300 g/mol. The number of likely N-dealkylation sites (tertiary alicyclic amines) is 1. The molecule has 1 aliphatic rings. The molecule has 0 bridgehead atoms. The first-order valence-corrected chi connectivity index (χ1v) is 9.16. The summed E-state index contributed by atoms with van der Waals surface area (Å²) >= 11 is 0. The molecule has 0 spiro atoms. The zero-order chi connectivity index (χ0) is 16.9. The summed E-state index contributed by atoms with van der Waals surface area (Å²) < 4.78 is 0. The second-order valence-corrected chi connectivity index (χ2v) is 7.16. The third-order valence-electron chi connectivity index (χ3n) is 5.16. The number of benzene rings is 1. The van der Waals surface area contributed by atoms with Crippen LogP contribution in [0.5, 0.6) is 0 Å². The van der Waals surface area contributed by atoms with E-state index in [1.54, 1.807) is 0 Å². The van der Waals surface area contributed by atoms with E-state index in [9.17, 15) is 5.11 Å². The van der Waals surface area contributed by atoms with E-state index in [4.69, 9.17) is 4.98 Å². The van der Waals surface area contributed by atoms with Crippen LogP contribution >= 0.6 is 0 Å². The minimum atomic E-state index is -0.248. The number of nitrogens with one attached hydrogen (secondary N) is 1. The number of aromatic nitrogens is 2. The van der Waals surface area contributed by atoms with Crippen molar-refractivity contribution in [2.45, 2.75) is 32.3 Å². The molecule has 1 fully saturated rings. The summed E-state index contributed by atoms with van der Waals surface area (Å²) in [5.41, 5.74) is 2.20. The summed E-state index contributed by atoms with van der Waals surface area (Å²) in [6.07, 6.45) is 3.16. The topological polar surface area (TPSA) is 55.4 Å². The van der Waals surface area contributed by atoms with Crippen molar-refractivity contribution in [3.8, 4) is 0 Å². The van der Waals surface area contributed by atoms with Crippen molar-refractivity contribution in [2.75, 3.05) is 39.8 Å². The average Bonchev–Trinajstić information content (AvgIpc) is 2.98. The second kappa shape index (κ2) is 8.10. The van der Waals surface area contributed by atoms with Crippen LogP contribution in [0.15, 0.2) is 24.3 Å². The number of para-hydroxylation sites is 2. The molecule has 2 aromatic rings. The molecule has 0 radical (unpaired) electrons. The number of hydrogen-bond acceptors (Lipinski definition) is 4. The zero-order valence-corrected chi connectivity index (χ0v) is 14.9. The quantitative estimate of drug-likeness (QED) is 0.817. The fourth-order valence-corrected chi connectivity index (χ4v) is 3.59. The van der Waals surface area contributed by atoms with Crippen molar-refractivity contribution in [3.05, 3.63) is 30.1 Å². The fourth-order valence-electron chi connectivity index (χ4n) is 3.59. The minimum absolute atomic E-state index is 0.248. The maximum absolute atomic E-state index is 10.2. The number of rotatable bonds is 7. The lowest BCUT2D eigenvalue weighted by Crippen LogP contribution is -2.42. The Kier molecular flexibility index (Phi) is 5.87. The van der Waals surface area contributed by atoms with Crippen LogP contribution in [-0.4, -0.2) is 70.7 Å². The van der Waals surface area contributed by atoms with E-state index in [1.165, 1.54) is 12.8 Å². The number of fused-ring (bicyclic) bond motifs is 1. The van der Waals surface area contributed by atoms with E-state index in [1.807, 2.05) is 12.1 Å². The molecule has 5 nitrogen and oxygen atoms in total. The maximum atomic E-state index is 10.2. The van der Waals surface area contributed by atoms with Gasteiger partial charge in [-0.25, -0.2) is 4.98 Å². The molecule has 1 aliphatic heterocycles. The summed E-state index contributed by atoms with van der Waals surface area (Å²) in [6, 6.07) is 8.23. The number of hydrogen-bond donors (Lipinski definition) is 2. The molecule has 1 saturated heterocycles. The van der Waals surface area contributed by atoms with Gasteiger partial charge in [0.1, 0.15) is 5.82 Å². The summed E-state index contributed by atoms with van der Waals surface area (Å²) in [5, 5.41) is 10.2. The van der Waals surface area contributed by atoms with Crippen LogP contribution in [0.2, 0.25) is 0 Å². The summed E-state index contributed by atoms with van der Waals surface area (Å²) in [4.78, 5) is 12.7. The highest BCUT2D eigenvalue weighted by molar-refractivity contribution is 5.74. The van der Waals surface area contributed by atoms with E-state index in [0.717, 1.165) is 56.0 Å². The molecule has 3 rings (SSSR count). The van der Waals surface area contributed by atoms with Gasteiger partial charge in [0, 0.05) is 19.5 Å². The SMILES string of the molecule is CCN(C)CC(O)CN1CCC(Cc2nc3ccccc3[nH]2)CC1. The highest BCUT2D eigenvalue weighted by atomic mass is 16.3. The van der Waals surface area contributed by atoms with Gasteiger partial charge in [-0.15, -0.1) is 0 Å². The molecule has 1 aromatic carbocycles. The van der Waals surface area contributed by atoms with Crippen molar-refractivity contribution >= 4 is 11.0 Å². The first-order chi connectivity index (χ1) is 11.6. The van der Waals surface area contributed by atoms with Crippen LogP contribution in [0.25, 0.3) is 11.0 Å². The van der Waals surface area contributed by atoms with Gasteiger partial charge in [-0.3, -0.25) is 0 Å². The highest BCUT2D eigenvalue weighted by Crippen LogP contribution is 2.22.